The largest absolute Gasteiger partial charge is 0.398 e. The molecule has 5 N–H and O–H groups in total. The van der Waals surface area contributed by atoms with E-state index in [9.17, 15) is 8.42 Å². The Bertz CT molecular complexity index is 613. The molecular weight excluding hydrogens is 278 g/mol. The fourth-order valence-corrected chi connectivity index (χ4v) is 3.41. The van der Waals surface area contributed by atoms with E-state index in [4.69, 9.17) is 15.6 Å². The van der Waals surface area contributed by atoms with Gasteiger partial charge in [-0.2, -0.15) is 0 Å². The molecule has 20 heavy (non-hydrogen) atoms. The van der Waals surface area contributed by atoms with E-state index in [1.807, 2.05) is 0 Å². The van der Waals surface area contributed by atoms with Crippen molar-refractivity contribution < 1.29 is 13.2 Å². The number of primary sulfonamides is 1. The van der Waals surface area contributed by atoms with Gasteiger partial charge in [0.05, 0.1) is 17.8 Å². The summed E-state index contributed by atoms with van der Waals surface area (Å²) in [5, 5.41) is 8.48. The second-order valence-corrected chi connectivity index (χ2v) is 7.04. The SMILES string of the molecule is Nc1cc(NC2CCOC2C2CC2)ccc1S(N)(=O)=O. The third kappa shape index (κ3) is 2.74. The maximum absolute atomic E-state index is 11.3. The molecule has 1 saturated heterocycles. The molecule has 2 aliphatic rings. The Kier molecular flexibility index (Phi) is 3.35. The van der Waals surface area contributed by atoms with Gasteiger partial charge in [0.1, 0.15) is 4.90 Å². The summed E-state index contributed by atoms with van der Waals surface area (Å²) in [7, 11) is -3.77. The van der Waals surface area contributed by atoms with E-state index < -0.39 is 10.0 Å². The Morgan fingerprint density at radius 3 is 2.60 bits per heavy atom. The summed E-state index contributed by atoms with van der Waals surface area (Å²) in [5.74, 6) is 0.663. The molecule has 1 aromatic rings. The predicted molar refractivity (Wildman–Crippen MR) is 76.7 cm³/mol. The zero-order chi connectivity index (χ0) is 14.3. The maximum atomic E-state index is 11.3. The average Bonchev–Trinajstić information content (AvgIpc) is 3.09. The van der Waals surface area contributed by atoms with Crippen LogP contribution in [0.1, 0.15) is 19.3 Å². The van der Waals surface area contributed by atoms with Crippen LogP contribution in [-0.4, -0.2) is 27.2 Å². The molecule has 2 unspecified atom stereocenters. The topological polar surface area (TPSA) is 107 Å². The Morgan fingerprint density at radius 1 is 1.25 bits per heavy atom. The van der Waals surface area contributed by atoms with Crippen molar-refractivity contribution in [1.29, 1.82) is 0 Å². The molecule has 1 aliphatic carbocycles. The molecular formula is C13H19N3O3S. The van der Waals surface area contributed by atoms with Gasteiger partial charge in [0.2, 0.25) is 10.0 Å². The first-order chi connectivity index (χ1) is 9.45. The first kappa shape index (κ1) is 13.7. The van der Waals surface area contributed by atoms with Crippen LogP contribution in [0.15, 0.2) is 23.1 Å². The van der Waals surface area contributed by atoms with E-state index in [0.717, 1.165) is 18.7 Å². The number of ether oxygens (including phenoxy) is 1. The second-order valence-electron chi connectivity index (χ2n) is 5.51. The molecule has 1 saturated carbocycles. The van der Waals surface area contributed by atoms with Crippen molar-refractivity contribution in [3.63, 3.8) is 0 Å². The number of hydrogen-bond acceptors (Lipinski definition) is 5. The zero-order valence-electron chi connectivity index (χ0n) is 11.1. The molecule has 1 aliphatic heterocycles. The number of nitrogens with two attached hydrogens (primary N) is 2. The summed E-state index contributed by atoms with van der Waals surface area (Å²) in [6.45, 7) is 0.767. The van der Waals surface area contributed by atoms with Crippen LogP contribution >= 0.6 is 0 Å². The van der Waals surface area contributed by atoms with Crippen LogP contribution in [0.3, 0.4) is 0 Å². The number of sulfonamides is 1. The van der Waals surface area contributed by atoms with E-state index in [-0.39, 0.29) is 22.7 Å². The van der Waals surface area contributed by atoms with Crippen molar-refractivity contribution in [3.05, 3.63) is 18.2 Å². The van der Waals surface area contributed by atoms with Crippen molar-refractivity contribution >= 4 is 21.4 Å². The van der Waals surface area contributed by atoms with Crippen molar-refractivity contribution in [2.75, 3.05) is 17.7 Å². The van der Waals surface area contributed by atoms with Gasteiger partial charge in [-0.3, -0.25) is 0 Å². The quantitative estimate of drug-likeness (QED) is 0.716. The minimum absolute atomic E-state index is 0.0375. The van der Waals surface area contributed by atoms with Crippen LogP contribution in [0.4, 0.5) is 11.4 Å². The molecule has 2 atom stereocenters. The highest BCUT2D eigenvalue weighted by Gasteiger charge is 2.40. The van der Waals surface area contributed by atoms with Crippen molar-refractivity contribution in [3.8, 4) is 0 Å². The molecule has 0 radical (unpaired) electrons. The molecule has 7 heteroatoms. The average molecular weight is 297 g/mol. The maximum Gasteiger partial charge on any atom is 0.240 e. The van der Waals surface area contributed by atoms with Crippen LogP contribution in [0.2, 0.25) is 0 Å². The number of benzene rings is 1. The number of rotatable bonds is 4. The first-order valence-corrected chi connectivity index (χ1v) is 8.30. The third-order valence-electron chi connectivity index (χ3n) is 3.89. The minimum Gasteiger partial charge on any atom is -0.398 e. The first-order valence-electron chi connectivity index (χ1n) is 6.75. The summed E-state index contributed by atoms with van der Waals surface area (Å²) in [6, 6.07) is 5.01. The van der Waals surface area contributed by atoms with Gasteiger partial charge in [0.15, 0.2) is 0 Å². The Morgan fingerprint density at radius 2 is 2.00 bits per heavy atom. The summed E-state index contributed by atoms with van der Waals surface area (Å²) < 4.78 is 28.4. The molecule has 6 nitrogen and oxygen atoms in total. The second kappa shape index (κ2) is 4.91. The van der Waals surface area contributed by atoms with Gasteiger partial charge in [-0.25, -0.2) is 13.6 Å². The fraction of sp³-hybridized carbons (Fsp3) is 0.538. The van der Waals surface area contributed by atoms with Crippen LogP contribution in [0, 0.1) is 5.92 Å². The standard InChI is InChI=1S/C13H19N3O3S/c14-10-7-9(3-4-12(10)20(15,17)18)16-11-5-6-19-13(11)8-1-2-8/h3-4,7-8,11,13,16H,1-2,5-6,14H2,(H2,15,17,18). The molecule has 1 heterocycles. The van der Waals surface area contributed by atoms with E-state index in [0.29, 0.717) is 5.92 Å². The van der Waals surface area contributed by atoms with E-state index in [1.165, 1.54) is 18.9 Å². The monoisotopic (exact) mass is 297 g/mol. The van der Waals surface area contributed by atoms with Gasteiger partial charge in [0.25, 0.3) is 0 Å². The van der Waals surface area contributed by atoms with E-state index in [1.54, 1.807) is 12.1 Å². The Labute approximate surface area is 118 Å². The number of hydrogen-bond donors (Lipinski definition) is 3. The highest BCUT2D eigenvalue weighted by atomic mass is 32.2. The van der Waals surface area contributed by atoms with Gasteiger partial charge >= 0.3 is 0 Å². The van der Waals surface area contributed by atoms with Crippen molar-refractivity contribution in [2.45, 2.75) is 36.3 Å². The lowest BCUT2D eigenvalue weighted by molar-refractivity contribution is 0.0898. The van der Waals surface area contributed by atoms with Crippen molar-refractivity contribution in [1.82, 2.24) is 0 Å². The normalized spacial score (nSPS) is 26.6. The van der Waals surface area contributed by atoms with E-state index >= 15 is 0 Å². The molecule has 3 rings (SSSR count). The van der Waals surface area contributed by atoms with Gasteiger partial charge in [-0.05, 0) is 43.4 Å². The lowest BCUT2D eigenvalue weighted by Crippen LogP contribution is -2.31. The summed E-state index contributed by atoms with van der Waals surface area (Å²) in [5.41, 5.74) is 6.73. The van der Waals surface area contributed by atoms with Gasteiger partial charge in [0, 0.05) is 12.3 Å². The smallest absolute Gasteiger partial charge is 0.240 e. The predicted octanol–water partition coefficient (Wildman–Crippen LogP) is 0.896. The lowest BCUT2D eigenvalue weighted by atomic mass is 10.1. The molecule has 0 amide bonds. The highest BCUT2D eigenvalue weighted by Crippen LogP contribution is 2.39. The number of nitrogens with one attached hydrogen (secondary N) is 1. The summed E-state index contributed by atoms with van der Waals surface area (Å²) in [6.07, 6.45) is 3.68. The molecule has 0 aromatic heterocycles. The van der Waals surface area contributed by atoms with Gasteiger partial charge in [-0.1, -0.05) is 0 Å². The molecule has 110 valence electrons. The highest BCUT2D eigenvalue weighted by molar-refractivity contribution is 7.89. The minimum atomic E-state index is -3.77. The van der Waals surface area contributed by atoms with Crippen LogP contribution in [-0.2, 0) is 14.8 Å². The Balaban J connectivity index is 1.76. The van der Waals surface area contributed by atoms with Crippen molar-refractivity contribution in [2.24, 2.45) is 11.1 Å². The summed E-state index contributed by atoms with van der Waals surface area (Å²) >= 11 is 0. The van der Waals surface area contributed by atoms with Crippen LogP contribution in [0.5, 0.6) is 0 Å². The van der Waals surface area contributed by atoms with E-state index in [2.05, 4.69) is 5.32 Å². The molecule has 0 bridgehead atoms. The Hall–Kier alpha value is -1.31. The lowest BCUT2D eigenvalue weighted by Gasteiger charge is -2.21. The fourth-order valence-electron chi connectivity index (χ4n) is 2.77. The number of anilines is 2. The van der Waals surface area contributed by atoms with Gasteiger partial charge < -0.3 is 15.8 Å². The van der Waals surface area contributed by atoms with Gasteiger partial charge in [-0.15, -0.1) is 0 Å². The number of nitrogen functional groups attached to an aromatic ring is 1. The third-order valence-corrected chi connectivity index (χ3v) is 4.88. The zero-order valence-corrected chi connectivity index (χ0v) is 11.9. The molecule has 0 spiro atoms. The van der Waals surface area contributed by atoms with Crippen LogP contribution in [0.25, 0.3) is 0 Å². The molecule has 1 aromatic carbocycles. The summed E-state index contributed by atoms with van der Waals surface area (Å²) in [4.78, 5) is -0.0375. The molecule has 2 fully saturated rings. The van der Waals surface area contributed by atoms with Crippen LogP contribution < -0.4 is 16.2 Å².